The maximum absolute atomic E-state index is 12.3. The molecule has 1 aromatic heterocycles. The van der Waals surface area contributed by atoms with Gasteiger partial charge < -0.3 is 9.42 Å². The van der Waals surface area contributed by atoms with Crippen LogP contribution in [0.25, 0.3) is 0 Å². The molecular formula is C16H25N3O2. The van der Waals surface area contributed by atoms with Gasteiger partial charge in [-0.1, -0.05) is 11.6 Å². The molecule has 0 atom stereocenters. The molecule has 2 heterocycles. The van der Waals surface area contributed by atoms with Crippen LogP contribution in [0.4, 0.5) is 0 Å². The normalized spacial score (nSPS) is 21.1. The van der Waals surface area contributed by atoms with Crippen molar-refractivity contribution in [2.75, 3.05) is 26.2 Å². The first-order chi connectivity index (χ1) is 10.1. The number of carbonyl (C=O) groups excluding carboxylic acids is 1. The van der Waals surface area contributed by atoms with Crippen molar-refractivity contribution in [3.05, 3.63) is 17.0 Å². The minimum absolute atomic E-state index is 0.319. The lowest BCUT2D eigenvalue weighted by molar-refractivity contribution is -0.138. The molecule has 0 bridgehead atoms. The lowest BCUT2D eigenvalue weighted by Crippen LogP contribution is -2.41. The standard InChI is InChI=1S/C16H25N3O2/c1-12-15(13(2)21-17-12)11-18-7-4-8-19(10-9-18)16(20)14-5-3-6-14/h14H,3-11H2,1-2H3. The maximum atomic E-state index is 12.3. The predicted octanol–water partition coefficient (Wildman–Crippen LogP) is 2.13. The van der Waals surface area contributed by atoms with E-state index in [9.17, 15) is 4.79 Å². The second kappa shape index (κ2) is 6.18. The highest BCUT2D eigenvalue weighted by Gasteiger charge is 2.30. The molecule has 2 fully saturated rings. The van der Waals surface area contributed by atoms with Crippen LogP contribution in [0, 0.1) is 19.8 Å². The van der Waals surface area contributed by atoms with Gasteiger partial charge >= 0.3 is 0 Å². The van der Waals surface area contributed by atoms with Gasteiger partial charge in [-0.15, -0.1) is 0 Å². The predicted molar refractivity (Wildman–Crippen MR) is 79.8 cm³/mol. The fourth-order valence-electron chi connectivity index (χ4n) is 3.21. The Labute approximate surface area is 126 Å². The Hall–Kier alpha value is -1.36. The number of aryl methyl sites for hydroxylation is 2. The summed E-state index contributed by atoms with van der Waals surface area (Å²) in [5.74, 6) is 1.62. The smallest absolute Gasteiger partial charge is 0.225 e. The van der Waals surface area contributed by atoms with Crippen molar-refractivity contribution in [3.8, 4) is 0 Å². The third kappa shape index (κ3) is 3.12. The SMILES string of the molecule is Cc1noc(C)c1CN1CCCN(C(=O)C2CCC2)CC1. The summed E-state index contributed by atoms with van der Waals surface area (Å²) in [7, 11) is 0. The van der Waals surface area contributed by atoms with Crippen LogP contribution in [0.2, 0.25) is 0 Å². The first-order valence-electron chi connectivity index (χ1n) is 8.08. The van der Waals surface area contributed by atoms with E-state index in [1.54, 1.807) is 0 Å². The summed E-state index contributed by atoms with van der Waals surface area (Å²) >= 11 is 0. The van der Waals surface area contributed by atoms with Gasteiger partial charge in [0.15, 0.2) is 0 Å². The molecule has 5 heteroatoms. The van der Waals surface area contributed by atoms with Crippen LogP contribution in [0.15, 0.2) is 4.52 Å². The molecule has 1 aliphatic carbocycles. The lowest BCUT2D eigenvalue weighted by atomic mass is 9.84. The van der Waals surface area contributed by atoms with Crippen molar-refractivity contribution in [3.63, 3.8) is 0 Å². The zero-order chi connectivity index (χ0) is 14.8. The Bertz CT molecular complexity index is 488. The second-order valence-electron chi connectivity index (χ2n) is 6.39. The number of carbonyl (C=O) groups is 1. The van der Waals surface area contributed by atoms with E-state index in [1.165, 1.54) is 12.0 Å². The number of hydrogen-bond acceptors (Lipinski definition) is 4. The van der Waals surface area contributed by atoms with E-state index in [-0.39, 0.29) is 0 Å². The molecule has 2 aliphatic rings. The molecule has 0 N–H and O–H groups in total. The molecule has 0 radical (unpaired) electrons. The second-order valence-corrected chi connectivity index (χ2v) is 6.39. The molecular weight excluding hydrogens is 266 g/mol. The summed E-state index contributed by atoms with van der Waals surface area (Å²) in [6, 6.07) is 0. The molecule has 0 unspecified atom stereocenters. The minimum Gasteiger partial charge on any atom is -0.361 e. The number of amides is 1. The summed E-state index contributed by atoms with van der Waals surface area (Å²) in [5.41, 5.74) is 2.19. The first kappa shape index (κ1) is 14.6. The molecule has 5 nitrogen and oxygen atoms in total. The number of nitrogens with zero attached hydrogens (tertiary/aromatic N) is 3. The summed E-state index contributed by atoms with van der Waals surface area (Å²) < 4.78 is 5.24. The van der Waals surface area contributed by atoms with Crippen LogP contribution >= 0.6 is 0 Å². The van der Waals surface area contributed by atoms with Crippen LogP contribution < -0.4 is 0 Å². The number of rotatable bonds is 3. The van der Waals surface area contributed by atoms with Gasteiger partial charge in [-0.3, -0.25) is 9.69 Å². The average Bonchev–Trinajstić information content (AvgIpc) is 2.64. The topological polar surface area (TPSA) is 49.6 Å². The van der Waals surface area contributed by atoms with Crippen molar-refractivity contribution in [1.82, 2.24) is 15.0 Å². The van der Waals surface area contributed by atoms with E-state index >= 15 is 0 Å². The monoisotopic (exact) mass is 291 g/mol. The van der Waals surface area contributed by atoms with Crippen molar-refractivity contribution >= 4 is 5.91 Å². The Morgan fingerprint density at radius 2 is 2.00 bits per heavy atom. The Kier molecular flexibility index (Phi) is 4.29. The maximum Gasteiger partial charge on any atom is 0.225 e. The van der Waals surface area contributed by atoms with Crippen molar-refractivity contribution in [2.45, 2.75) is 46.1 Å². The van der Waals surface area contributed by atoms with Crippen molar-refractivity contribution < 1.29 is 9.32 Å². The van der Waals surface area contributed by atoms with E-state index < -0.39 is 0 Å². The molecule has 1 saturated heterocycles. The summed E-state index contributed by atoms with van der Waals surface area (Å²) in [6.07, 6.45) is 4.47. The lowest BCUT2D eigenvalue weighted by Gasteiger charge is -2.31. The summed E-state index contributed by atoms with van der Waals surface area (Å²) in [5, 5.41) is 4.02. The molecule has 3 rings (SSSR count). The molecule has 116 valence electrons. The highest BCUT2D eigenvalue weighted by atomic mass is 16.5. The highest BCUT2D eigenvalue weighted by molar-refractivity contribution is 5.79. The Morgan fingerprint density at radius 1 is 1.19 bits per heavy atom. The van der Waals surface area contributed by atoms with Crippen LogP contribution in [0.5, 0.6) is 0 Å². The zero-order valence-corrected chi connectivity index (χ0v) is 13.1. The quantitative estimate of drug-likeness (QED) is 0.856. The van der Waals surface area contributed by atoms with Crippen LogP contribution in [0.1, 0.15) is 42.7 Å². The van der Waals surface area contributed by atoms with Gasteiger partial charge in [0.05, 0.1) is 5.69 Å². The summed E-state index contributed by atoms with van der Waals surface area (Å²) in [4.78, 5) is 16.8. The van der Waals surface area contributed by atoms with Crippen LogP contribution in [-0.2, 0) is 11.3 Å². The average molecular weight is 291 g/mol. The Balaban J connectivity index is 1.57. The number of aromatic nitrogens is 1. The molecule has 0 spiro atoms. The van der Waals surface area contributed by atoms with Gasteiger partial charge in [-0.25, -0.2) is 0 Å². The molecule has 1 aliphatic heterocycles. The third-order valence-electron chi connectivity index (χ3n) is 4.92. The van der Waals surface area contributed by atoms with E-state index in [0.29, 0.717) is 11.8 Å². The largest absolute Gasteiger partial charge is 0.361 e. The van der Waals surface area contributed by atoms with Gasteiger partial charge in [0.2, 0.25) is 5.91 Å². The van der Waals surface area contributed by atoms with Crippen LogP contribution in [-0.4, -0.2) is 47.0 Å². The molecule has 21 heavy (non-hydrogen) atoms. The third-order valence-corrected chi connectivity index (χ3v) is 4.92. The molecule has 0 aromatic carbocycles. The minimum atomic E-state index is 0.319. The van der Waals surface area contributed by atoms with Crippen molar-refractivity contribution in [1.29, 1.82) is 0 Å². The highest BCUT2D eigenvalue weighted by Crippen LogP contribution is 2.28. The first-order valence-corrected chi connectivity index (χ1v) is 8.08. The van der Waals surface area contributed by atoms with E-state index in [1.807, 2.05) is 13.8 Å². The fourth-order valence-corrected chi connectivity index (χ4v) is 3.21. The molecule has 1 aromatic rings. The van der Waals surface area contributed by atoms with Crippen molar-refractivity contribution in [2.24, 2.45) is 5.92 Å². The van der Waals surface area contributed by atoms with E-state index in [2.05, 4.69) is 15.0 Å². The summed E-state index contributed by atoms with van der Waals surface area (Å²) in [6.45, 7) is 8.61. The van der Waals surface area contributed by atoms with Crippen LogP contribution in [0.3, 0.4) is 0 Å². The van der Waals surface area contributed by atoms with Gasteiger partial charge in [0.25, 0.3) is 0 Å². The zero-order valence-electron chi connectivity index (χ0n) is 13.1. The fraction of sp³-hybridized carbons (Fsp3) is 0.750. The molecule has 1 saturated carbocycles. The van der Waals surface area contributed by atoms with Gasteiger partial charge in [0, 0.05) is 44.2 Å². The Morgan fingerprint density at radius 3 is 2.62 bits per heavy atom. The van der Waals surface area contributed by atoms with Gasteiger partial charge in [-0.2, -0.15) is 0 Å². The number of hydrogen-bond donors (Lipinski definition) is 0. The van der Waals surface area contributed by atoms with E-state index in [4.69, 9.17) is 4.52 Å². The van der Waals surface area contributed by atoms with E-state index in [0.717, 1.165) is 63.4 Å². The molecule has 1 amide bonds. The van der Waals surface area contributed by atoms with Gasteiger partial charge in [-0.05, 0) is 33.1 Å². The van der Waals surface area contributed by atoms with Gasteiger partial charge in [0.1, 0.15) is 5.76 Å².